The van der Waals surface area contributed by atoms with Gasteiger partial charge < -0.3 is 46.1 Å². The number of benzene rings is 3. The van der Waals surface area contributed by atoms with Crippen LogP contribution in [0.3, 0.4) is 0 Å². The Labute approximate surface area is 302 Å². The van der Waals surface area contributed by atoms with Gasteiger partial charge in [-0.15, -0.1) is 0 Å². The van der Waals surface area contributed by atoms with Gasteiger partial charge in [-0.25, -0.2) is 40.8 Å². The van der Waals surface area contributed by atoms with Gasteiger partial charge in [-0.2, -0.15) is 0 Å². The Hall–Kier alpha value is -5.87. The van der Waals surface area contributed by atoms with Crippen LogP contribution in [0.5, 0.6) is 23.0 Å². The van der Waals surface area contributed by atoms with Crippen LogP contribution in [0, 0.1) is 11.6 Å². The number of aromatic carboxylic acids is 1. The van der Waals surface area contributed by atoms with E-state index in [4.69, 9.17) is 16.3 Å². The zero-order chi connectivity index (χ0) is 38.9. The highest BCUT2D eigenvalue weighted by Gasteiger charge is 2.43. The summed E-state index contributed by atoms with van der Waals surface area (Å²) in [6, 6.07) is 2.58. The topological polar surface area (TPSA) is 272 Å². The lowest BCUT2D eigenvalue weighted by atomic mass is 9.72. The monoisotopic (exact) mass is 781 g/mol. The number of fused-ring (bicyclic) bond motifs is 1. The Balaban J connectivity index is 1.33. The highest BCUT2D eigenvalue weighted by Crippen LogP contribution is 2.41. The molecule has 1 unspecified atom stereocenters. The van der Waals surface area contributed by atoms with E-state index in [2.05, 4.69) is 16.0 Å². The van der Waals surface area contributed by atoms with Crippen LogP contribution in [0.15, 0.2) is 42.5 Å². The van der Waals surface area contributed by atoms with Crippen molar-refractivity contribution < 1.29 is 71.3 Å². The van der Waals surface area contributed by atoms with Gasteiger partial charge in [0.15, 0.2) is 17.3 Å². The Morgan fingerprint density at radius 1 is 1.02 bits per heavy atom. The maximum atomic E-state index is 14.6. The highest BCUT2D eigenvalue weighted by molar-refractivity contribution is 7.89. The highest BCUT2D eigenvalue weighted by atomic mass is 35.5. The van der Waals surface area contributed by atoms with Crippen molar-refractivity contribution in [2.45, 2.75) is 18.4 Å². The number of halogens is 3. The Morgan fingerprint density at radius 3 is 2.36 bits per heavy atom. The van der Waals surface area contributed by atoms with Gasteiger partial charge in [0.25, 0.3) is 5.91 Å². The summed E-state index contributed by atoms with van der Waals surface area (Å²) in [7, 11) is -6.45. The normalized spacial score (nSPS) is 16.0. The molecule has 53 heavy (non-hydrogen) atoms. The Bertz CT molecular complexity index is 2130. The van der Waals surface area contributed by atoms with Crippen LogP contribution in [0.4, 0.5) is 18.4 Å². The van der Waals surface area contributed by atoms with E-state index in [1.807, 2.05) is 0 Å². The van der Waals surface area contributed by atoms with Crippen LogP contribution in [-0.4, -0.2) is 111 Å². The van der Waals surface area contributed by atoms with Crippen molar-refractivity contribution >= 4 is 58.6 Å². The van der Waals surface area contributed by atoms with E-state index in [9.17, 15) is 66.6 Å². The second-order valence-corrected chi connectivity index (χ2v) is 13.9. The molecule has 2 atom stereocenters. The molecular weight excluding hydrogens is 755 g/mol. The van der Waals surface area contributed by atoms with Crippen molar-refractivity contribution in [2.75, 3.05) is 25.4 Å². The van der Waals surface area contributed by atoms with Gasteiger partial charge in [-0.1, -0.05) is 17.7 Å². The molecule has 2 aliphatic heterocycles. The predicted octanol–water partition coefficient (Wildman–Crippen LogP) is 0.821. The maximum absolute atomic E-state index is 14.6. The summed E-state index contributed by atoms with van der Waals surface area (Å²) in [4.78, 5) is 64.5. The molecule has 0 aliphatic carbocycles. The summed E-state index contributed by atoms with van der Waals surface area (Å²) in [6.07, 6.45) is -0.362. The molecule has 6 amide bonds. The standard InChI is InChI=1S/C30H27BClF2N5O13S/c32-21-16(12-18(34)23(41)24(21)42)22(27(44)36-19-11-14-3-6-17(33)20(28(45)46)25(14)52-31(19)49)37-29(47)38-8-9-39(30(38)48)53(50,51)10-7-35-26(43)13-1-4-15(40)5-2-13/h1-6,12,19,22,40-42,49H,7-11H2,(H,35,43)(H,36,44)(H,37,47)(H,45,46)/t19-,22?/m0/s1. The minimum absolute atomic E-state index is 0.0372. The first kappa shape index (κ1) is 38.4. The molecule has 18 nitrogen and oxygen atoms in total. The summed E-state index contributed by atoms with van der Waals surface area (Å²) in [5.41, 5.74) is -1.41. The molecule has 3 aromatic carbocycles. The van der Waals surface area contributed by atoms with Crippen LogP contribution in [0.25, 0.3) is 0 Å². The third-order valence-corrected chi connectivity index (χ3v) is 10.2. The van der Waals surface area contributed by atoms with Gasteiger partial charge in [0, 0.05) is 17.7 Å². The van der Waals surface area contributed by atoms with Crippen molar-refractivity contribution in [3.8, 4) is 23.0 Å². The number of phenols is 3. The van der Waals surface area contributed by atoms with Crippen molar-refractivity contribution in [1.82, 2.24) is 25.2 Å². The summed E-state index contributed by atoms with van der Waals surface area (Å²) < 4.78 is 60.3. The number of nitrogens with one attached hydrogen (secondary N) is 3. The van der Waals surface area contributed by atoms with Crippen LogP contribution in [0.2, 0.25) is 5.02 Å². The van der Waals surface area contributed by atoms with Crippen LogP contribution < -0.4 is 20.6 Å². The molecule has 2 heterocycles. The number of nitrogens with zero attached hydrogens (tertiary/aromatic N) is 2. The minimum Gasteiger partial charge on any atom is -0.534 e. The Kier molecular flexibility index (Phi) is 10.9. The smallest absolute Gasteiger partial charge is 0.534 e. The molecule has 1 saturated heterocycles. The molecule has 280 valence electrons. The molecule has 0 spiro atoms. The lowest BCUT2D eigenvalue weighted by molar-refractivity contribution is -0.123. The number of amides is 6. The van der Waals surface area contributed by atoms with E-state index in [0.717, 1.165) is 12.1 Å². The molecule has 3 aromatic rings. The summed E-state index contributed by atoms with van der Waals surface area (Å²) in [5, 5.41) is 55.2. The Morgan fingerprint density at radius 2 is 1.70 bits per heavy atom. The van der Waals surface area contributed by atoms with Gasteiger partial charge in [-0.3, -0.25) is 9.59 Å². The second-order valence-electron chi connectivity index (χ2n) is 11.5. The van der Waals surface area contributed by atoms with Gasteiger partial charge in [0.05, 0.1) is 29.8 Å². The zero-order valence-corrected chi connectivity index (χ0v) is 28.3. The summed E-state index contributed by atoms with van der Waals surface area (Å²) >= 11 is 6.10. The molecule has 1 fully saturated rings. The third-order valence-electron chi connectivity index (χ3n) is 8.11. The first-order chi connectivity index (χ1) is 24.9. The number of hydrogen-bond acceptors (Lipinski definition) is 12. The molecule has 0 radical (unpaired) electrons. The summed E-state index contributed by atoms with van der Waals surface area (Å²) in [5.74, 6) is -11.7. The van der Waals surface area contributed by atoms with E-state index in [1.54, 1.807) is 0 Å². The fourth-order valence-electron chi connectivity index (χ4n) is 5.43. The fourth-order valence-corrected chi connectivity index (χ4v) is 6.96. The zero-order valence-electron chi connectivity index (χ0n) is 26.7. The number of hydrogen-bond donors (Lipinski definition) is 8. The van der Waals surface area contributed by atoms with Crippen LogP contribution >= 0.6 is 11.6 Å². The molecule has 0 bridgehead atoms. The first-order valence-corrected chi connectivity index (χ1v) is 17.2. The number of carboxylic acid groups (broad SMARTS) is 1. The third kappa shape index (κ3) is 7.83. The van der Waals surface area contributed by atoms with E-state index >= 15 is 0 Å². The molecule has 2 aliphatic rings. The van der Waals surface area contributed by atoms with E-state index in [0.29, 0.717) is 15.3 Å². The molecule has 0 saturated carbocycles. The van der Waals surface area contributed by atoms with Gasteiger partial charge in [-0.05, 0) is 48.4 Å². The second kappa shape index (κ2) is 15.0. The lowest BCUT2D eigenvalue weighted by Gasteiger charge is -2.31. The number of carbonyl (C=O) groups excluding carboxylic acids is 4. The minimum atomic E-state index is -4.45. The van der Waals surface area contributed by atoms with Gasteiger partial charge in [0.1, 0.15) is 28.9 Å². The van der Waals surface area contributed by atoms with Crippen LogP contribution in [-0.2, 0) is 21.2 Å². The maximum Gasteiger partial charge on any atom is 0.547 e. The average Bonchev–Trinajstić information content (AvgIpc) is 3.50. The number of aromatic hydroxyl groups is 3. The number of sulfonamides is 1. The van der Waals surface area contributed by atoms with E-state index in [1.165, 1.54) is 24.3 Å². The number of phenolic OH excluding ortho intramolecular Hbond substituents is 3. The number of urea groups is 2. The molecule has 8 N–H and O–H groups in total. The number of rotatable bonds is 10. The fraction of sp³-hybridized carbons (Fsp3) is 0.233. The molecule has 23 heteroatoms. The largest absolute Gasteiger partial charge is 0.547 e. The van der Waals surface area contributed by atoms with Crippen molar-refractivity contribution in [1.29, 1.82) is 0 Å². The predicted molar refractivity (Wildman–Crippen MR) is 177 cm³/mol. The average molecular weight is 782 g/mol. The SMILES string of the molecule is O=C(NCCS(=O)(=O)N1CCN(C(=O)NC(C(=O)N[C@H]2Cc3ccc(F)c(C(=O)O)c3OB2O)c2cc(F)c(O)c(O)c2Cl)C1=O)c1ccc(O)cc1. The van der Waals surface area contributed by atoms with Gasteiger partial charge >= 0.3 is 25.1 Å². The molecule has 0 aromatic heterocycles. The quantitative estimate of drug-likeness (QED) is 0.105. The summed E-state index contributed by atoms with van der Waals surface area (Å²) in [6.45, 7) is -1.55. The van der Waals surface area contributed by atoms with E-state index in [-0.39, 0.29) is 23.3 Å². The lowest BCUT2D eigenvalue weighted by Crippen LogP contribution is -2.56. The number of carbonyl (C=O) groups is 5. The first-order valence-electron chi connectivity index (χ1n) is 15.2. The van der Waals surface area contributed by atoms with Crippen molar-refractivity contribution in [2.24, 2.45) is 0 Å². The number of imide groups is 1. The van der Waals surface area contributed by atoms with Crippen molar-refractivity contribution in [3.63, 3.8) is 0 Å². The molecular formula is C30H27BClF2N5O13S. The number of carboxylic acids is 1. The van der Waals surface area contributed by atoms with Crippen LogP contribution in [0.1, 0.15) is 37.9 Å². The van der Waals surface area contributed by atoms with Gasteiger partial charge in [0.2, 0.25) is 15.9 Å². The van der Waals surface area contributed by atoms with Crippen molar-refractivity contribution in [3.05, 3.63) is 81.4 Å². The van der Waals surface area contributed by atoms with E-state index < -0.39 is 129 Å². The molecule has 5 rings (SSSR count).